The second-order valence-corrected chi connectivity index (χ2v) is 11.8. The highest BCUT2D eigenvalue weighted by Gasteiger charge is 2.28. The first-order valence-electron chi connectivity index (χ1n) is 14.7. The average molecular weight is 592 g/mol. The summed E-state index contributed by atoms with van der Waals surface area (Å²) in [5.41, 5.74) is 6.77. The van der Waals surface area contributed by atoms with E-state index in [1.54, 1.807) is 13.2 Å². The van der Waals surface area contributed by atoms with Crippen molar-refractivity contribution in [1.29, 1.82) is 0 Å². The maximum absolute atomic E-state index is 13.0. The highest BCUT2D eigenvalue weighted by Crippen LogP contribution is 2.35. The molecule has 2 aromatic heterocycles. The molecule has 0 atom stereocenters. The van der Waals surface area contributed by atoms with E-state index in [0.717, 1.165) is 66.4 Å². The first-order valence-corrected chi connectivity index (χ1v) is 14.7. The quantitative estimate of drug-likeness (QED) is 0.120. The molecule has 0 bridgehead atoms. The molecule has 0 saturated carbocycles. The molecule has 12 nitrogen and oxygen atoms in total. The van der Waals surface area contributed by atoms with Crippen LogP contribution in [0.25, 0.3) is 11.6 Å². The largest absolute Gasteiger partial charge is 0.434 e. The van der Waals surface area contributed by atoms with Gasteiger partial charge in [0.15, 0.2) is 0 Å². The van der Waals surface area contributed by atoms with Crippen LogP contribution in [0, 0.1) is 24.0 Å². The summed E-state index contributed by atoms with van der Waals surface area (Å²) in [6.45, 7) is 12.5. The molecular weight excluding hydrogens is 548 g/mol. The lowest BCUT2D eigenvalue weighted by molar-refractivity contribution is -0.903. The zero-order valence-corrected chi connectivity index (χ0v) is 26.2. The van der Waals surface area contributed by atoms with Crippen LogP contribution in [-0.2, 0) is 24.8 Å². The smallest absolute Gasteiger partial charge is 0.390 e. The van der Waals surface area contributed by atoms with Crippen LogP contribution in [0.4, 0.5) is 11.6 Å². The molecule has 0 aliphatic carbocycles. The van der Waals surface area contributed by atoms with E-state index in [-0.39, 0.29) is 17.8 Å². The number of benzene rings is 1. The Morgan fingerprint density at radius 3 is 2.60 bits per heavy atom. The van der Waals surface area contributed by atoms with E-state index in [2.05, 4.69) is 53.4 Å². The summed E-state index contributed by atoms with van der Waals surface area (Å²) in [5.74, 6) is -0.472. The average Bonchev–Trinajstić information content (AvgIpc) is 3.56. The number of quaternary nitrogens is 1. The third-order valence-corrected chi connectivity index (χ3v) is 8.13. The Morgan fingerprint density at radius 1 is 1.23 bits per heavy atom. The molecule has 0 fully saturated rings. The molecule has 1 aromatic carbocycles. The summed E-state index contributed by atoms with van der Waals surface area (Å²) in [6, 6.07) is 5.97. The van der Waals surface area contributed by atoms with E-state index < -0.39 is 4.92 Å². The fraction of sp³-hybridized carbons (Fsp3) is 0.452. The number of carbonyl (C=O) groups is 2. The van der Waals surface area contributed by atoms with Gasteiger partial charge in [-0.3, -0.25) is 9.59 Å². The molecule has 4 rings (SSSR count). The van der Waals surface area contributed by atoms with Gasteiger partial charge < -0.3 is 35.1 Å². The Hall–Kier alpha value is -4.29. The Labute approximate surface area is 252 Å². The molecule has 1 aliphatic heterocycles. The van der Waals surface area contributed by atoms with Crippen LogP contribution in [0.15, 0.2) is 24.4 Å². The lowest BCUT2D eigenvalue weighted by Gasteiger charge is -2.28. The Kier molecular flexibility index (Phi) is 9.51. The Morgan fingerprint density at radius 2 is 1.95 bits per heavy atom. The monoisotopic (exact) mass is 591 g/mol. The first kappa shape index (κ1) is 31.6. The van der Waals surface area contributed by atoms with Gasteiger partial charge in [0.05, 0.1) is 38.8 Å². The van der Waals surface area contributed by atoms with Crippen LogP contribution >= 0.6 is 0 Å². The minimum Gasteiger partial charge on any atom is -0.390 e. The molecule has 3 heterocycles. The van der Waals surface area contributed by atoms with Gasteiger partial charge >= 0.3 is 5.95 Å². The maximum Gasteiger partial charge on any atom is 0.434 e. The van der Waals surface area contributed by atoms with Crippen molar-refractivity contribution in [1.82, 2.24) is 24.8 Å². The number of nitrogens with one attached hydrogen (secondary N) is 3. The number of nitrogens with zero attached hydrogens (tertiary/aromatic N) is 5. The summed E-state index contributed by atoms with van der Waals surface area (Å²) in [4.78, 5) is 46.5. The SMILES string of the molecule is CCN(CC)CCNC(=O)c1c(C)[nH]c(/C=C2\C(=O)Nc3ccc(CC[N+](C)(C)Cc4cn(C)c([N+](=O)[O-])n4)cc32)c1C. The molecular formula is C31H43N8O4+. The van der Waals surface area contributed by atoms with Gasteiger partial charge in [-0.05, 0) is 61.2 Å². The van der Waals surface area contributed by atoms with Gasteiger partial charge in [-0.1, -0.05) is 24.9 Å². The number of fused-ring (bicyclic) bond motifs is 1. The van der Waals surface area contributed by atoms with Crippen LogP contribution in [0.5, 0.6) is 0 Å². The summed E-state index contributed by atoms with van der Waals surface area (Å²) in [5, 5.41) is 17.2. The van der Waals surface area contributed by atoms with Gasteiger partial charge in [0.25, 0.3) is 11.8 Å². The van der Waals surface area contributed by atoms with Crippen LogP contribution in [-0.4, -0.2) is 87.5 Å². The van der Waals surface area contributed by atoms with E-state index in [4.69, 9.17) is 0 Å². The summed E-state index contributed by atoms with van der Waals surface area (Å²) in [7, 11) is 5.76. The molecule has 0 unspecified atom stereocenters. The van der Waals surface area contributed by atoms with Crippen LogP contribution < -0.4 is 10.6 Å². The molecule has 0 spiro atoms. The van der Waals surface area contributed by atoms with Crippen molar-refractivity contribution in [2.24, 2.45) is 7.05 Å². The zero-order valence-electron chi connectivity index (χ0n) is 26.2. The second kappa shape index (κ2) is 12.9. The molecule has 230 valence electrons. The normalized spacial score (nSPS) is 14.0. The maximum atomic E-state index is 13.0. The molecule has 0 saturated heterocycles. The van der Waals surface area contributed by atoms with Gasteiger partial charge in [-0.25, -0.2) is 4.57 Å². The van der Waals surface area contributed by atoms with E-state index in [0.29, 0.717) is 34.4 Å². The second-order valence-electron chi connectivity index (χ2n) is 11.8. The molecule has 3 N–H and O–H groups in total. The first-order chi connectivity index (χ1) is 20.3. The number of rotatable bonds is 13. The van der Waals surface area contributed by atoms with Gasteiger partial charge in [0.1, 0.15) is 12.7 Å². The number of aromatic amines is 1. The lowest BCUT2D eigenvalue weighted by Crippen LogP contribution is -2.40. The number of hydrogen-bond acceptors (Lipinski definition) is 6. The third-order valence-electron chi connectivity index (χ3n) is 8.13. The number of hydrogen-bond donors (Lipinski definition) is 3. The van der Waals surface area contributed by atoms with Crippen molar-refractivity contribution in [3.05, 3.63) is 73.8 Å². The molecule has 1 aliphatic rings. The Balaban J connectivity index is 1.49. The van der Waals surface area contributed by atoms with Gasteiger partial charge in [-0.15, -0.1) is 0 Å². The zero-order chi connectivity index (χ0) is 31.5. The molecule has 12 heteroatoms. The van der Waals surface area contributed by atoms with Crippen molar-refractivity contribution < 1.29 is 19.0 Å². The predicted molar refractivity (Wildman–Crippen MR) is 168 cm³/mol. The summed E-state index contributed by atoms with van der Waals surface area (Å²) in [6.07, 6.45) is 4.27. The molecule has 43 heavy (non-hydrogen) atoms. The van der Waals surface area contributed by atoms with Gasteiger partial charge in [0, 0.05) is 42.1 Å². The van der Waals surface area contributed by atoms with Crippen LogP contribution in [0.2, 0.25) is 0 Å². The van der Waals surface area contributed by atoms with E-state index in [9.17, 15) is 19.7 Å². The predicted octanol–water partition coefficient (Wildman–Crippen LogP) is 3.66. The number of imidazole rings is 1. The van der Waals surface area contributed by atoms with Crippen LogP contribution in [0.1, 0.15) is 58.0 Å². The van der Waals surface area contributed by atoms with Gasteiger partial charge in [-0.2, -0.15) is 0 Å². The molecule has 0 radical (unpaired) electrons. The van der Waals surface area contributed by atoms with E-state index in [1.165, 1.54) is 4.57 Å². The summed E-state index contributed by atoms with van der Waals surface area (Å²) >= 11 is 0. The number of likely N-dealkylation sites (N-methyl/N-ethyl adjacent to an activating group) is 2. The standard InChI is InChI=1S/C31H42N8O4/c1-8-37(9-2)14-13-32-30(41)28-20(3)27(33-21(28)4)17-25-24-16-22(10-11-26(24)35-29(25)40)12-15-39(6,7)19-23-18-36(5)31(34-23)38(42)43/h10-11,16-18H,8-9,12-15,19H2,1-7H3,(H2-,32,33,35,40,41)/p+1. The van der Waals surface area contributed by atoms with Crippen molar-refractivity contribution in [3.8, 4) is 0 Å². The van der Waals surface area contributed by atoms with Crippen molar-refractivity contribution in [3.63, 3.8) is 0 Å². The summed E-state index contributed by atoms with van der Waals surface area (Å²) < 4.78 is 2.02. The molecule has 2 amide bonds. The van der Waals surface area contributed by atoms with Crippen molar-refractivity contribution in [2.75, 3.05) is 52.1 Å². The number of aromatic nitrogens is 3. The van der Waals surface area contributed by atoms with Crippen LogP contribution in [0.3, 0.4) is 0 Å². The fourth-order valence-electron chi connectivity index (χ4n) is 5.61. The van der Waals surface area contributed by atoms with Gasteiger partial charge in [0.2, 0.25) is 5.69 Å². The molecule has 3 aromatic rings. The lowest BCUT2D eigenvalue weighted by atomic mass is 10.0. The van der Waals surface area contributed by atoms with Crippen molar-refractivity contribution in [2.45, 2.75) is 40.7 Å². The Bertz CT molecular complexity index is 1560. The highest BCUT2D eigenvalue weighted by atomic mass is 16.6. The third kappa shape index (κ3) is 7.20. The number of amides is 2. The number of nitro groups is 1. The minimum atomic E-state index is -0.478. The number of aryl methyl sites for hydroxylation is 2. The number of anilines is 1. The van der Waals surface area contributed by atoms with E-state index >= 15 is 0 Å². The highest BCUT2D eigenvalue weighted by molar-refractivity contribution is 6.35. The number of H-pyrrole nitrogens is 1. The number of carbonyl (C=O) groups excluding carboxylic acids is 2. The fourth-order valence-corrected chi connectivity index (χ4v) is 5.61. The topological polar surface area (TPSA) is 138 Å². The van der Waals surface area contributed by atoms with Crippen molar-refractivity contribution >= 4 is 35.1 Å². The van der Waals surface area contributed by atoms with E-state index in [1.807, 2.05) is 38.1 Å². The minimum absolute atomic E-state index is 0.123.